The summed E-state index contributed by atoms with van der Waals surface area (Å²) < 4.78 is 7.15. The Bertz CT molecular complexity index is 749. The van der Waals surface area contributed by atoms with Crippen molar-refractivity contribution in [3.8, 4) is 5.69 Å². The maximum Gasteiger partial charge on any atom is 0.207 e. The first-order valence-corrected chi connectivity index (χ1v) is 7.06. The Hall–Kier alpha value is -2.33. The van der Waals surface area contributed by atoms with E-state index in [2.05, 4.69) is 57.3 Å². The molecule has 108 valence electrons. The summed E-state index contributed by atoms with van der Waals surface area (Å²) in [5.74, 6) is 0.847. The Morgan fingerprint density at radius 2 is 1.95 bits per heavy atom. The van der Waals surface area contributed by atoms with Gasteiger partial charge in [-0.3, -0.25) is 4.57 Å². The number of hydrogen-bond donors (Lipinski definition) is 1. The highest BCUT2D eigenvalue weighted by molar-refractivity contribution is 5.84. The smallest absolute Gasteiger partial charge is 0.207 e. The molecule has 0 amide bonds. The molecule has 21 heavy (non-hydrogen) atoms. The molecule has 2 aromatic carbocycles. The molecule has 1 heterocycles. The van der Waals surface area contributed by atoms with Crippen molar-refractivity contribution in [1.29, 1.82) is 0 Å². The van der Waals surface area contributed by atoms with Crippen LogP contribution in [0.5, 0.6) is 0 Å². The number of nitrogens with one attached hydrogen (secondary N) is 1. The molecule has 3 rings (SSSR count). The number of anilines is 1. The molecule has 3 aromatic rings. The summed E-state index contributed by atoms with van der Waals surface area (Å²) in [4.78, 5) is 4.54. The highest BCUT2D eigenvalue weighted by Crippen LogP contribution is 2.21. The second-order valence-electron chi connectivity index (χ2n) is 5.03. The number of aromatic nitrogens is 2. The van der Waals surface area contributed by atoms with Crippen LogP contribution in [0.3, 0.4) is 0 Å². The zero-order valence-electron chi connectivity index (χ0n) is 12.3. The summed E-state index contributed by atoms with van der Waals surface area (Å²) in [6.45, 7) is 3.39. The SMILES string of the molecule is COCCNc1nc(C)cn1-c1ccc2ccccc2c1. The van der Waals surface area contributed by atoms with E-state index in [1.165, 1.54) is 10.8 Å². The molecule has 0 aliphatic heterocycles. The lowest BCUT2D eigenvalue weighted by molar-refractivity contribution is 0.210. The molecule has 0 atom stereocenters. The first-order chi connectivity index (χ1) is 10.3. The van der Waals surface area contributed by atoms with Crippen molar-refractivity contribution in [2.45, 2.75) is 6.92 Å². The average molecular weight is 281 g/mol. The number of imidazole rings is 1. The van der Waals surface area contributed by atoms with Crippen LogP contribution in [0.25, 0.3) is 16.5 Å². The molecule has 0 bridgehead atoms. The number of methoxy groups -OCH3 is 1. The van der Waals surface area contributed by atoms with Crippen molar-refractivity contribution in [1.82, 2.24) is 9.55 Å². The molecule has 1 N–H and O–H groups in total. The molecule has 4 heteroatoms. The molecular formula is C17H19N3O. The molecule has 4 nitrogen and oxygen atoms in total. The van der Waals surface area contributed by atoms with Crippen LogP contribution in [0.2, 0.25) is 0 Å². The van der Waals surface area contributed by atoms with Crippen LogP contribution in [0.1, 0.15) is 5.69 Å². The van der Waals surface area contributed by atoms with Crippen LogP contribution in [0, 0.1) is 6.92 Å². The average Bonchev–Trinajstić information content (AvgIpc) is 2.88. The summed E-state index contributed by atoms with van der Waals surface area (Å²) >= 11 is 0. The van der Waals surface area contributed by atoms with E-state index in [1.807, 2.05) is 13.1 Å². The number of nitrogens with zero attached hydrogens (tertiary/aromatic N) is 2. The summed E-state index contributed by atoms with van der Waals surface area (Å²) in [6, 6.07) is 14.8. The van der Waals surface area contributed by atoms with E-state index in [-0.39, 0.29) is 0 Å². The summed E-state index contributed by atoms with van der Waals surface area (Å²) in [6.07, 6.45) is 2.04. The van der Waals surface area contributed by atoms with Crippen molar-refractivity contribution in [2.75, 3.05) is 25.6 Å². The minimum Gasteiger partial charge on any atom is -0.383 e. The molecule has 0 unspecified atom stereocenters. The lowest BCUT2D eigenvalue weighted by Gasteiger charge is -2.10. The van der Waals surface area contributed by atoms with Crippen LogP contribution >= 0.6 is 0 Å². The maximum atomic E-state index is 5.07. The third-order valence-corrected chi connectivity index (χ3v) is 3.43. The zero-order chi connectivity index (χ0) is 14.7. The van der Waals surface area contributed by atoms with E-state index in [1.54, 1.807) is 7.11 Å². The fourth-order valence-electron chi connectivity index (χ4n) is 2.41. The second-order valence-corrected chi connectivity index (χ2v) is 5.03. The van der Waals surface area contributed by atoms with Gasteiger partial charge in [-0.05, 0) is 29.8 Å². The number of rotatable bonds is 5. The molecule has 0 saturated carbocycles. The predicted molar refractivity (Wildman–Crippen MR) is 86.2 cm³/mol. The van der Waals surface area contributed by atoms with Crippen LogP contribution in [0.4, 0.5) is 5.95 Å². The number of benzene rings is 2. The van der Waals surface area contributed by atoms with Crippen molar-refractivity contribution in [3.63, 3.8) is 0 Å². The molecule has 0 fully saturated rings. The summed E-state index contributed by atoms with van der Waals surface area (Å²) in [5, 5.41) is 5.78. The fraction of sp³-hybridized carbons (Fsp3) is 0.235. The zero-order valence-corrected chi connectivity index (χ0v) is 12.3. The van der Waals surface area contributed by atoms with Gasteiger partial charge < -0.3 is 10.1 Å². The second kappa shape index (κ2) is 5.97. The van der Waals surface area contributed by atoms with E-state index in [0.29, 0.717) is 6.61 Å². The molecule has 0 saturated heterocycles. The Balaban J connectivity index is 1.97. The molecule has 0 aliphatic carbocycles. The van der Waals surface area contributed by atoms with Crippen LogP contribution in [-0.4, -0.2) is 29.8 Å². The van der Waals surface area contributed by atoms with Crippen molar-refractivity contribution in [3.05, 3.63) is 54.4 Å². The summed E-state index contributed by atoms with van der Waals surface area (Å²) in [7, 11) is 1.70. The van der Waals surface area contributed by atoms with Gasteiger partial charge in [-0.15, -0.1) is 0 Å². The minimum atomic E-state index is 0.656. The van der Waals surface area contributed by atoms with Gasteiger partial charge in [-0.25, -0.2) is 4.98 Å². The van der Waals surface area contributed by atoms with E-state index < -0.39 is 0 Å². The molecular weight excluding hydrogens is 262 g/mol. The highest BCUT2D eigenvalue weighted by atomic mass is 16.5. The van der Waals surface area contributed by atoms with Crippen LogP contribution in [0.15, 0.2) is 48.7 Å². The van der Waals surface area contributed by atoms with Crippen molar-refractivity contribution in [2.24, 2.45) is 0 Å². The molecule has 1 aromatic heterocycles. The maximum absolute atomic E-state index is 5.07. The lowest BCUT2D eigenvalue weighted by atomic mass is 10.1. The third kappa shape index (κ3) is 2.90. The molecule has 0 aliphatic rings. The van der Waals surface area contributed by atoms with Crippen LogP contribution in [-0.2, 0) is 4.74 Å². The quantitative estimate of drug-likeness (QED) is 0.729. The van der Waals surface area contributed by atoms with Gasteiger partial charge in [-0.2, -0.15) is 0 Å². The van der Waals surface area contributed by atoms with Gasteiger partial charge >= 0.3 is 0 Å². The van der Waals surface area contributed by atoms with E-state index in [9.17, 15) is 0 Å². The normalized spacial score (nSPS) is 11.0. The van der Waals surface area contributed by atoms with Gasteiger partial charge in [0.1, 0.15) is 0 Å². The number of hydrogen-bond acceptors (Lipinski definition) is 3. The summed E-state index contributed by atoms with van der Waals surface area (Å²) in [5.41, 5.74) is 2.09. The van der Waals surface area contributed by atoms with Gasteiger partial charge in [0.2, 0.25) is 5.95 Å². The standard InChI is InChI=1S/C17H19N3O/c1-13-12-20(17(19-13)18-9-10-21-2)16-8-7-14-5-3-4-6-15(14)11-16/h3-8,11-12H,9-10H2,1-2H3,(H,18,19). The molecule has 0 spiro atoms. The van der Waals surface area contributed by atoms with Crippen molar-refractivity contribution >= 4 is 16.7 Å². The van der Waals surface area contributed by atoms with Gasteiger partial charge in [0, 0.05) is 25.5 Å². The van der Waals surface area contributed by atoms with Crippen LogP contribution < -0.4 is 5.32 Å². The topological polar surface area (TPSA) is 39.1 Å². The number of aryl methyl sites for hydroxylation is 1. The van der Waals surface area contributed by atoms with E-state index >= 15 is 0 Å². The fourth-order valence-corrected chi connectivity index (χ4v) is 2.41. The first kappa shape index (κ1) is 13.6. The van der Waals surface area contributed by atoms with Crippen molar-refractivity contribution < 1.29 is 4.74 Å². The lowest BCUT2D eigenvalue weighted by Crippen LogP contribution is -2.11. The van der Waals surface area contributed by atoms with Gasteiger partial charge in [0.25, 0.3) is 0 Å². The van der Waals surface area contributed by atoms with Gasteiger partial charge in [0.05, 0.1) is 12.3 Å². The van der Waals surface area contributed by atoms with E-state index in [4.69, 9.17) is 4.74 Å². The predicted octanol–water partition coefficient (Wildman–Crippen LogP) is 3.39. The third-order valence-electron chi connectivity index (χ3n) is 3.43. The Morgan fingerprint density at radius 3 is 2.76 bits per heavy atom. The Morgan fingerprint density at radius 1 is 1.14 bits per heavy atom. The van der Waals surface area contributed by atoms with Gasteiger partial charge in [-0.1, -0.05) is 30.3 Å². The Labute approximate surface area is 124 Å². The molecule has 0 radical (unpaired) electrons. The first-order valence-electron chi connectivity index (χ1n) is 7.06. The van der Waals surface area contributed by atoms with E-state index in [0.717, 1.165) is 23.9 Å². The Kier molecular flexibility index (Phi) is 3.88. The number of fused-ring (bicyclic) bond motifs is 1. The largest absolute Gasteiger partial charge is 0.383 e. The highest BCUT2D eigenvalue weighted by Gasteiger charge is 2.07. The minimum absolute atomic E-state index is 0.656. The monoisotopic (exact) mass is 281 g/mol. The van der Waals surface area contributed by atoms with Gasteiger partial charge in [0.15, 0.2) is 0 Å². The number of ether oxygens (including phenoxy) is 1.